The number of carbonyl (C=O) groups excluding carboxylic acids is 1. The minimum atomic E-state index is -0.432. The van der Waals surface area contributed by atoms with Gasteiger partial charge in [0, 0.05) is 25.2 Å². The second-order valence-corrected chi connectivity index (χ2v) is 7.92. The van der Waals surface area contributed by atoms with Gasteiger partial charge in [0.25, 0.3) is 0 Å². The van der Waals surface area contributed by atoms with Crippen LogP contribution in [0.5, 0.6) is 5.75 Å². The van der Waals surface area contributed by atoms with E-state index in [1.165, 1.54) is 0 Å². The molecule has 6 heteroatoms. The highest BCUT2D eigenvalue weighted by molar-refractivity contribution is 5.79. The highest BCUT2D eigenvalue weighted by Gasteiger charge is 2.52. The first-order chi connectivity index (χ1) is 13.6. The molecule has 2 aromatic heterocycles. The van der Waals surface area contributed by atoms with Crippen molar-refractivity contribution >= 4 is 11.6 Å². The zero-order valence-electron chi connectivity index (χ0n) is 15.8. The van der Waals surface area contributed by atoms with Crippen molar-refractivity contribution in [2.45, 2.75) is 19.3 Å². The summed E-state index contributed by atoms with van der Waals surface area (Å²) >= 11 is 0. The zero-order valence-corrected chi connectivity index (χ0v) is 15.8. The molecule has 2 aliphatic rings. The highest BCUT2D eigenvalue weighted by Crippen LogP contribution is 2.49. The fraction of sp³-hybridized carbons (Fsp3) is 0.364. The summed E-state index contributed by atoms with van der Waals surface area (Å²) in [6, 6.07) is 13.8. The number of pyridine rings is 1. The molecule has 1 fully saturated rings. The van der Waals surface area contributed by atoms with Gasteiger partial charge in [0.2, 0.25) is 5.91 Å². The van der Waals surface area contributed by atoms with Crippen LogP contribution in [-0.4, -0.2) is 51.6 Å². The first-order valence-corrected chi connectivity index (χ1v) is 9.64. The summed E-state index contributed by atoms with van der Waals surface area (Å²) in [5.74, 6) is 1.02. The number of ether oxygens (including phenoxy) is 1. The van der Waals surface area contributed by atoms with Crippen LogP contribution in [0.15, 0.2) is 48.7 Å². The Kier molecular flexibility index (Phi) is 3.91. The monoisotopic (exact) mass is 377 g/mol. The Balaban J connectivity index is 1.43. The van der Waals surface area contributed by atoms with Gasteiger partial charge in [-0.1, -0.05) is 24.3 Å². The van der Waals surface area contributed by atoms with E-state index in [0.717, 1.165) is 28.3 Å². The quantitative estimate of drug-likeness (QED) is 0.760. The van der Waals surface area contributed by atoms with E-state index in [9.17, 15) is 9.90 Å². The van der Waals surface area contributed by atoms with E-state index in [1.54, 1.807) is 0 Å². The lowest BCUT2D eigenvalue weighted by atomic mass is 9.74. The van der Waals surface area contributed by atoms with E-state index < -0.39 is 5.41 Å². The van der Waals surface area contributed by atoms with Crippen molar-refractivity contribution in [3.05, 3.63) is 65.6 Å². The van der Waals surface area contributed by atoms with Gasteiger partial charge < -0.3 is 19.1 Å². The molecule has 1 N–H and O–H groups in total. The van der Waals surface area contributed by atoms with Crippen LogP contribution in [0.25, 0.3) is 5.65 Å². The first kappa shape index (κ1) is 17.3. The Morgan fingerprint density at radius 1 is 1.29 bits per heavy atom. The van der Waals surface area contributed by atoms with Crippen molar-refractivity contribution in [2.75, 3.05) is 26.3 Å². The number of hydrogen-bond donors (Lipinski definition) is 1. The smallest absolute Gasteiger partial charge is 0.228 e. The van der Waals surface area contributed by atoms with Crippen molar-refractivity contribution in [1.29, 1.82) is 0 Å². The van der Waals surface area contributed by atoms with Gasteiger partial charge in [-0.05, 0) is 30.7 Å². The molecule has 1 aromatic carbocycles. The number of aromatic nitrogens is 2. The Bertz CT molecular complexity index is 1060. The molecule has 6 nitrogen and oxygen atoms in total. The second kappa shape index (κ2) is 6.34. The summed E-state index contributed by atoms with van der Waals surface area (Å²) < 4.78 is 7.91. The standard InChI is InChI=1S/C22H23N3O3/c1-15-18(25-9-5-4-8-20(25)23-15)10-21(27)24-11-17-16-6-2-3-7-19(16)28-14-22(17,12-24)13-26/h2-9,17,26H,10-14H2,1H3/t17-,22-/m1/s1. The minimum absolute atomic E-state index is 0.00439. The third-order valence-corrected chi connectivity index (χ3v) is 6.27. The molecule has 28 heavy (non-hydrogen) atoms. The number of aliphatic hydroxyl groups excluding tert-OH is 1. The molecule has 0 aliphatic carbocycles. The van der Waals surface area contributed by atoms with E-state index >= 15 is 0 Å². The topological polar surface area (TPSA) is 67.1 Å². The van der Waals surface area contributed by atoms with Crippen LogP contribution in [0.1, 0.15) is 22.9 Å². The van der Waals surface area contributed by atoms with E-state index in [-0.39, 0.29) is 18.4 Å². The molecule has 144 valence electrons. The van der Waals surface area contributed by atoms with Crippen molar-refractivity contribution in [1.82, 2.24) is 14.3 Å². The molecule has 0 bridgehead atoms. The molecule has 1 amide bonds. The average Bonchev–Trinajstić information content (AvgIpc) is 3.27. The summed E-state index contributed by atoms with van der Waals surface area (Å²) in [6.07, 6.45) is 2.24. The molecular formula is C22H23N3O3. The summed E-state index contributed by atoms with van der Waals surface area (Å²) in [6.45, 7) is 3.50. The predicted octanol–water partition coefficient (Wildman–Crippen LogP) is 2.18. The van der Waals surface area contributed by atoms with E-state index in [1.807, 2.05) is 64.9 Å². The van der Waals surface area contributed by atoms with Gasteiger partial charge >= 0.3 is 0 Å². The molecule has 2 atom stereocenters. The lowest BCUT2D eigenvalue weighted by Crippen LogP contribution is -2.42. The van der Waals surface area contributed by atoms with E-state index in [0.29, 0.717) is 26.1 Å². The van der Waals surface area contributed by atoms with Crippen molar-refractivity contribution in [2.24, 2.45) is 5.41 Å². The van der Waals surface area contributed by atoms with Gasteiger partial charge in [0.05, 0.1) is 36.4 Å². The number of hydrogen-bond acceptors (Lipinski definition) is 4. The number of nitrogens with zero attached hydrogens (tertiary/aromatic N) is 3. The first-order valence-electron chi connectivity index (χ1n) is 9.64. The van der Waals surface area contributed by atoms with Crippen LogP contribution < -0.4 is 4.74 Å². The van der Waals surface area contributed by atoms with Crippen LogP contribution in [0.3, 0.4) is 0 Å². The molecule has 2 aliphatic heterocycles. The minimum Gasteiger partial charge on any atom is -0.493 e. The molecule has 0 radical (unpaired) electrons. The molecule has 0 spiro atoms. The maximum atomic E-state index is 13.2. The molecule has 1 saturated heterocycles. The van der Waals surface area contributed by atoms with Crippen LogP contribution in [0, 0.1) is 12.3 Å². The summed E-state index contributed by atoms with van der Waals surface area (Å²) in [4.78, 5) is 19.6. The van der Waals surface area contributed by atoms with E-state index in [2.05, 4.69) is 4.98 Å². The maximum Gasteiger partial charge on any atom is 0.228 e. The number of amides is 1. The number of likely N-dealkylation sites (tertiary alicyclic amines) is 1. The number of para-hydroxylation sites is 1. The lowest BCUT2D eigenvalue weighted by molar-refractivity contribution is -0.130. The van der Waals surface area contributed by atoms with Crippen LogP contribution in [0.4, 0.5) is 0 Å². The second-order valence-electron chi connectivity index (χ2n) is 7.92. The number of benzene rings is 1. The lowest BCUT2D eigenvalue weighted by Gasteiger charge is -2.37. The van der Waals surface area contributed by atoms with Crippen molar-refractivity contribution in [3.8, 4) is 5.75 Å². The van der Waals surface area contributed by atoms with Crippen LogP contribution in [0.2, 0.25) is 0 Å². The fourth-order valence-electron chi connectivity index (χ4n) is 4.69. The van der Waals surface area contributed by atoms with Gasteiger partial charge in [-0.15, -0.1) is 0 Å². The Labute approximate surface area is 163 Å². The number of rotatable bonds is 3. The predicted molar refractivity (Wildman–Crippen MR) is 104 cm³/mol. The number of fused-ring (bicyclic) bond motifs is 4. The summed E-state index contributed by atoms with van der Waals surface area (Å²) in [5.41, 5.74) is 3.31. The molecule has 5 rings (SSSR count). The third kappa shape index (κ3) is 2.52. The van der Waals surface area contributed by atoms with Crippen molar-refractivity contribution in [3.63, 3.8) is 0 Å². The highest BCUT2D eigenvalue weighted by atomic mass is 16.5. The summed E-state index contributed by atoms with van der Waals surface area (Å²) in [5, 5.41) is 10.2. The molecule has 0 saturated carbocycles. The molecule has 4 heterocycles. The average molecular weight is 377 g/mol. The number of aryl methyl sites for hydroxylation is 1. The van der Waals surface area contributed by atoms with Crippen LogP contribution in [-0.2, 0) is 11.2 Å². The summed E-state index contributed by atoms with van der Waals surface area (Å²) in [7, 11) is 0. The normalized spacial score (nSPS) is 23.4. The van der Waals surface area contributed by atoms with E-state index in [4.69, 9.17) is 4.74 Å². The molecular weight excluding hydrogens is 354 g/mol. The van der Waals surface area contributed by atoms with Gasteiger partial charge in [-0.2, -0.15) is 0 Å². The van der Waals surface area contributed by atoms with Gasteiger partial charge in [0.1, 0.15) is 11.4 Å². The van der Waals surface area contributed by atoms with Crippen molar-refractivity contribution < 1.29 is 14.6 Å². The maximum absolute atomic E-state index is 13.2. The fourth-order valence-corrected chi connectivity index (χ4v) is 4.69. The Morgan fingerprint density at radius 2 is 2.11 bits per heavy atom. The van der Waals surface area contributed by atoms with Gasteiger partial charge in [0.15, 0.2) is 0 Å². The van der Waals surface area contributed by atoms with Gasteiger partial charge in [-0.3, -0.25) is 4.79 Å². The van der Waals surface area contributed by atoms with Crippen LogP contribution >= 0.6 is 0 Å². The number of imidazole rings is 1. The number of carbonyl (C=O) groups is 1. The molecule has 0 unspecified atom stereocenters. The SMILES string of the molecule is Cc1nc2ccccn2c1CC(=O)N1C[C@@H]2c3ccccc3OC[C@]2(CO)C1. The zero-order chi connectivity index (χ0) is 19.3. The third-order valence-electron chi connectivity index (χ3n) is 6.27. The Morgan fingerprint density at radius 3 is 2.96 bits per heavy atom. The molecule has 3 aromatic rings. The number of aliphatic hydroxyl groups is 1. The Hall–Kier alpha value is -2.86. The largest absolute Gasteiger partial charge is 0.493 e. The van der Waals surface area contributed by atoms with Gasteiger partial charge in [-0.25, -0.2) is 4.98 Å².